The van der Waals surface area contributed by atoms with E-state index in [0.717, 1.165) is 42.1 Å². The summed E-state index contributed by atoms with van der Waals surface area (Å²) in [5.74, 6) is 0.961. The van der Waals surface area contributed by atoms with Gasteiger partial charge in [0.05, 0.1) is 5.25 Å². The number of piperidine rings is 1. The Labute approximate surface area is 166 Å². The molecule has 5 heteroatoms. The highest BCUT2D eigenvalue weighted by Crippen LogP contribution is 2.23. The summed E-state index contributed by atoms with van der Waals surface area (Å²) in [4.78, 5) is 15.8. The fraction of sp³-hybridized carbons (Fsp3) is 0.409. The van der Waals surface area contributed by atoms with Crippen molar-refractivity contribution in [3.8, 4) is 5.75 Å². The first kappa shape index (κ1) is 19.8. The minimum absolute atomic E-state index is 0.0514. The molecule has 27 heavy (non-hydrogen) atoms. The molecule has 0 bridgehead atoms. The number of nitrogens with zero attached hydrogens (tertiary/aromatic N) is 1. The lowest BCUT2D eigenvalue weighted by Crippen LogP contribution is -2.35. The number of likely N-dealkylation sites (tertiary alicyclic amines) is 1. The Morgan fingerprint density at radius 2 is 1.81 bits per heavy atom. The van der Waals surface area contributed by atoms with E-state index in [1.807, 2.05) is 61.5 Å². The molecule has 1 atom stereocenters. The Morgan fingerprint density at radius 3 is 2.48 bits per heavy atom. The molecular weight excluding hydrogens is 356 g/mol. The lowest BCUT2D eigenvalue weighted by molar-refractivity contribution is -0.120. The number of carbonyl (C=O) groups excluding carboxylic acids is 1. The van der Waals surface area contributed by atoms with Gasteiger partial charge in [0.2, 0.25) is 5.91 Å². The Morgan fingerprint density at radius 1 is 1.15 bits per heavy atom. The van der Waals surface area contributed by atoms with E-state index < -0.39 is 0 Å². The summed E-state index contributed by atoms with van der Waals surface area (Å²) < 4.78 is 6.07. The lowest BCUT2D eigenvalue weighted by atomic mass is 10.1. The number of nitrogens with one attached hydrogen (secondary N) is 1. The molecule has 0 radical (unpaired) electrons. The van der Waals surface area contributed by atoms with Crippen molar-refractivity contribution in [2.45, 2.75) is 42.6 Å². The molecule has 0 aromatic heterocycles. The largest absolute Gasteiger partial charge is 0.490 e. The highest BCUT2D eigenvalue weighted by Gasteiger charge is 2.18. The zero-order chi connectivity index (χ0) is 19.1. The van der Waals surface area contributed by atoms with E-state index in [4.69, 9.17) is 4.74 Å². The Balaban J connectivity index is 1.43. The quantitative estimate of drug-likeness (QED) is 0.734. The van der Waals surface area contributed by atoms with Crippen LogP contribution in [-0.4, -0.2) is 42.3 Å². The molecule has 0 saturated carbocycles. The van der Waals surface area contributed by atoms with Crippen molar-refractivity contribution in [1.82, 2.24) is 10.2 Å². The van der Waals surface area contributed by atoms with Crippen molar-refractivity contribution in [3.63, 3.8) is 0 Å². The van der Waals surface area contributed by atoms with Gasteiger partial charge in [-0.05, 0) is 56.6 Å². The third kappa shape index (κ3) is 6.29. The molecule has 1 aliphatic heterocycles. The van der Waals surface area contributed by atoms with Crippen molar-refractivity contribution < 1.29 is 9.53 Å². The zero-order valence-corrected chi connectivity index (χ0v) is 16.9. The van der Waals surface area contributed by atoms with Gasteiger partial charge in [-0.2, -0.15) is 0 Å². The number of amides is 1. The number of rotatable bonds is 7. The smallest absolute Gasteiger partial charge is 0.233 e. The van der Waals surface area contributed by atoms with Crippen LogP contribution in [0.15, 0.2) is 59.5 Å². The van der Waals surface area contributed by atoms with E-state index in [1.54, 1.807) is 11.8 Å². The summed E-state index contributed by atoms with van der Waals surface area (Å²) in [7, 11) is 2.15. The number of carbonyl (C=O) groups is 1. The molecular formula is C22H28N2O2S. The normalized spacial score (nSPS) is 16.7. The molecule has 1 fully saturated rings. The predicted molar refractivity (Wildman–Crippen MR) is 111 cm³/mol. The van der Waals surface area contributed by atoms with Crippen LogP contribution in [0.4, 0.5) is 0 Å². The predicted octanol–water partition coefficient (Wildman–Crippen LogP) is 3.96. The van der Waals surface area contributed by atoms with Crippen LogP contribution in [0.1, 0.15) is 25.3 Å². The van der Waals surface area contributed by atoms with Crippen LogP contribution in [0.3, 0.4) is 0 Å². The Bertz CT molecular complexity index is 713. The number of thioether (sulfide) groups is 1. The Kier molecular flexibility index (Phi) is 7.18. The number of ether oxygens (including phenoxy) is 1. The first-order valence-electron chi connectivity index (χ1n) is 9.54. The van der Waals surface area contributed by atoms with Gasteiger partial charge in [0.1, 0.15) is 11.9 Å². The highest BCUT2D eigenvalue weighted by molar-refractivity contribution is 8.00. The van der Waals surface area contributed by atoms with E-state index in [9.17, 15) is 4.79 Å². The Hall–Kier alpha value is -1.98. The van der Waals surface area contributed by atoms with E-state index in [2.05, 4.69) is 17.3 Å². The minimum Gasteiger partial charge on any atom is -0.490 e. The van der Waals surface area contributed by atoms with Gasteiger partial charge in [-0.1, -0.05) is 30.3 Å². The molecule has 0 spiro atoms. The molecule has 2 aromatic rings. The summed E-state index contributed by atoms with van der Waals surface area (Å²) in [6.45, 7) is 4.65. The van der Waals surface area contributed by atoms with Gasteiger partial charge in [-0.15, -0.1) is 11.8 Å². The molecule has 1 N–H and O–H groups in total. The van der Waals surface area contributed by atoms with Gasteiger partial charge in [-0.3, -0.25) is 4.79 Å². The molecule has 3 rings (SSSR count). The van der Waals surface area contributed by atoms with Crippen LogP contribution in [-0.2, 0) is 11.3 Å². The molecule has 1 amide bonds. The first-order chi connectivity index (χ1) is 13.1. The average Bonchev–Trinajstić information content (AvgIpc) is 2.69. The maximum Gasteiger partial charge on any atom is 0.233 e. The van der Waals surface area contributed by atoms with Gasteiger partial charge < -0.3 is 15.0 Å². The summed E-state index contributed by atoms with van der Waals surface area (Å²) in [5, 5.41) is 2.89. The lowest BCUT2D eigenvalue weighted by Gasteiger charge is -2.29. The van der Waals surface area contributed by atoms with Crippen molar-refractivity contribution in [1.29, 1.82) is 0 Å². The SMILES string of the molecule is C[C@@H](Sc1ccccc1)C(=O)NCc1ccc(OC2CCN(C)CC2)cc1. The molecule has 4 nitrogen and oxygen atoms in total. The van der Waals surface area contributed by atoms with E-state index >= 15 is 0 Å². The summed E-state index contributed by atoms with van der Waals surface area (Å²) in [6, 6.07) is 18.1. The second-order valence-electron chi connectivity index (χ2n) is 7.06. The van der Waals surface area contributed by atoms with Crippen LogP contribution in [0, 0.1) is 0 Å². The van der Waals surface area contributed by atoms with Crippen molar-refractivity contribution >= 4 is 17.7 Å². The van der Waals surface area contributed by atoms with Gasteiger partial charge >= 0.3 is 0 Å². The summed E-state index contributed by atoms with van der Waals surface area (Å²) in [6.07, 6.45) is 2.46. The van der Waals surface area contributed by atoms with Crippen LogP contribution in [0.5, 0.6) is 5.75 Å². The maximum atomic E-state index is 12.3. The van der Waals surface area contributed by atoms with Crippen LogP contribution in [0.25, 0.3) is 0 Å². The van der Waals surface area contributed by atoms with Gasteiger partial charge in [0.25, 0.3) is 0 Å². The minimum atomic E-state index is -0.126. The van der Waals surface area contributed by atoms with Crippen LogP contribution in [0.2, 0.25) is 0 Å². The highest BCUT2D eigenvalue weighted by atomic mass is 32.2. The molecule has 144 valence electrons. The monoisotopic (exact) mass is 384 g/mol. The summed E-state index contributed by atoms with van der Waals surface area (Å²) >= 11 is 1.57. The van der Waals surface area contributed by atoms with E-state index in [-0.39, 0.29) is 11.2 Å². The van der Waals surface area contributed by atoms with Gasteiger partial charge in [-0.25, -0.2) is 0 Å². The first-order valence-corrected chi connectivity index (χ1v) is 10.4. The second kappa shape index (κ2) is 9.81. The molecule has 1 saturated heterocycles. The third-order valence-corrected chi connectivity index (χ3v) is 5.90. The fourth-order valence-corrected chi connectivity index (χ4v) is 3.98. The van der Waals surface area contributed by atoms with Crippen molar-refractivity contribution in [2.24, 2.45) is 0 Å². The third-order valence-electron chi connectivity index (χ3n) is 4.78. The number of benzene rings is 2. The molecule has 0 unspecified atom stereocenters. The van der Waals surface area contributed by atoms with Crippen LogP contribution >= 0.6 is 11.8 Å². The average molecular weight is 385 g/mol. The number of hydrogen-bond donors (Lipinski definition) is 1. The van der Waals surface area contributed by atoms with Gasteiger partial charge in [0.15, 0.2) is 0 Å². The van der Waals surface area contributed by atoms with E-state index in [0.29, 0.717) is 12.6 Å². The van der Waals surface area contributed by atoms with E-state index in [1.165, 1.54) is 0 Å². The number of hydrogen-bond acceptors (Lipinski definition) is 4. The maximum absolute atomic E-state index is 12.3. The molecule has 1 aliphatic rings. The second-order valence-corrected chi connectivity index (χ2v) is 8.47. The van der Waals surface area contributed by atoms with Crippen molar-refractivity contribution in [2.75, 3.05) is 20.1 Å². The fourth-order valence-electron chi connectivity index (χ4n) is 3.07. The van der Waals surface area contributed by atoms with Crippen LogP contribution < -0.4 is 10.1 Å². The molecule has 0 aliphatic carbocycles. The van der Waals surface area contributed by atoms with Crippen molar-refractivity contribution in [3.05, 3.63) is 60.2 Å². The summed E-state index contributed by atoms with van der Waals surface area (Å²) in [5.41, 5.74) is 1.08. The standard InChI is InChI=1S/C22H28N2O2S/c1-17(27-21-6-4-3-5-7-21)22(25)23-16-18-8-10-19(11-9-18)26-20-12-14-24(2)15-13-20/h3-11,17,20H,12-16H2,1-2H3,(H,23,25)/t17-/m1/s1. The molecule has 1 heterocycles. The zero-order valence-electron chi connectivity index (χ0n) is 16.1. The molecule has 2 aromatic carbocycles. The van der Waals surface area contributed by atoms with Gasteiger partial charge in [0, 0.05) is 24.5 Å². The topological polar surface area (TPSA) is 41.6 Å².